The zero-order valence-corrected chi connectivity index (χ0v) is 17.9. The molecule has 4 rings (SSSR count). The van der Waals surface area contributed by atoms with E-state index in [0.29, 0.717) is 27.9 Å². The lowest BCUT2D eigenvalue weighted by atomic mass is 10.2. The Bertz CT molecular complexity index is 1180. The molecule has 3 aromatic rings. The molecule has 0 bridgehead atoms. The Hall–Kier alpha value is -3.11. The fourth-order valence-electron chi connectivity index (χ4n) is 3.04. The number of hydrogen-bond acceptors (Lipinski definition) is 8. The van der Waals surface area contributed by atoms with Crippen molar-refractivity contribution in [3.63, 3.8) is 0 Å². The summed E-state index contributed by atoms with van der Waals surface area (Å²) in [7, 11) is 0. The Balaban J connectivity index is 1.56. The van der Waals surface area contributed by atoms with E-state index in [1.807, 2.05) is 30.3 Å². The van der Waals surface area contributed by atoms with Crippen molar-refractivity contribution in [3.8, 4) is 5.69 Å². The van der Waals surface area contributed by atoms with Gasteiger partial charge in [-0.3, -0.25) is 24.3 Å². The van der Waals surface area contributed by atoms with Gasteiger partial charge in [-0.05, 0) is 17.7 Å². The number of thioether (sulfide) groups is 2. The second-order valence-corrected chi connectivity index (χ2v) is 8.67. The van der Waals surface area contributed by atoms with Gasteiger partial charge in [-0.25, -0.2) is 4.98 Å². The van der Waals surface area contributed by atoms with Gasteiger partial charge in [0.05, 0.1) is 27.0 Å². The number of nitro benzene ring substituents is 1. The number of non-ortho nitro benzene ring substituents is 1. The molecule has 8 nitrogen and oxygen atoms in total. The number of carbonyl (C=O) groups excluding carboxylic acids is 1. The van der Waals surface area contributed by atoms with Gasteiger partial charge in [0, 0.05) is 24.3 Å². The molecular weight excluding hydrogens is 438 g/mol. The van der Waals surface area contributed by atoms with Crippen molar-refractivity contribution in [3.05, 3.63) is 86.3 Å². The number of esters is 1. The fraction of sp³-hybridized carbons (Fsp3) is 0.190. The number of fused-ring (bicyclic) bond motifs is 1. The lowest BCUT2D eigenvalue weighted by Crippen LogP contribution is -2.24. The van der Waals surface area contributed by atoms with Gasteiger partial charge in [-0.2, -0.15) is 0 Å². The van der Waals surface area contributed by atoms with Crippen molar-refractivity contribution in [2.75, 3.05) is 11.5 Å². The molecule has 0 unspecified atom stereocenters. The van der Waals surface area contributed by atoms with Crippen LogP contribution in [0.25, 0.3) is 5.69 Å². The fourth-order valence-corrected chi connectivity index (χ4v) is 4.89. The number of benzene rings is 2. The van der Waals surface area contributed by atoms with Crippen LogP contribution in [-0.4, -0.2) is 31.9 Å². The molecule has 0 fully saturated rings. The monoisotopic (exact) mass is 455 g/mol. The number of nitrogens with zero attached hydrogens (tertiary/aromatic N) is 3. The van der Waals surface area contributed by atoms with E-state index < -0.39 is 10.9 Å². The van der Waals surface area contributed by atoms with Gasteiger partial charge < -0.3 is 4.74 Å². The van der Waals surface area contributed by atoms with Crippen LogP contribution in [0.3, 0.4) is 0 Å². The summed E-state index contributed by atoms with van der Waals surface area (Å²) < 4.78 is 6.71. The van der Waals surface area contributed by atoms with Crippen LogP contribution in [0, 0.1) is 10.1 Å². The molecule has 1 aliphatic rings. The molecule has 0 spiro atoms. The number of hydrogen-bond donors (Lipinski definition) is 0. The highest BCUT2D eigenvalue weighted by atomic mass is 32.2. The number of aromatic nitrogens is 2. The Kier molecular flexibility index (Phi) is 6.38. The van der Waals surface area contributed by atoms with Gasteiger partial charge in [0.2, 0.25) is 0 Å². The molecule has 2 aromatic carbocycles. The summed E-state index contributed by atoms with van der Waals surface area (Å²) in [5.41, 5.74) is 1.75. The largest absolute Gasteiger partial charge is 0.460 e. The lowest BCUT2D eigenvalue weighted by molar-refractivity contribution is -0.384. The quantitative estimate of drug-likeness (QED) is 0.175. The Morgan fingerprint density at radius 3 is 2.65 bits per heavy atom. The molecular formula is C21H17N3O5S2. The Morgan fingerprint density at radius 2 is 1.94 bits per heavy atom. The molecule has 1 aliphatic heterocycles. The summed E-state index contributed by atoms with van der Waals surface area (Å²) in [5.74, 6) is 0.330. The second kappa shape index (κ2) is 9.36. The first-order valence-electron chi connectivity index (χ1n) is 9.39. The van der Waals surface area contributed by atoms with E-state index in [-0.39, 0.29) is 23.6 Å². The molecule has 31 heavy (non-hydrogen) atoms. The minimum absolute atomic E-state index is 0.0157. The minimum atomic E-state index is -0.498. The average Bonchev–Trinajstić information content (AvgIpc) is 3.26. The second-order valence-electron chi connectivity index (χ2n) is 6.62. The summed E-state index contributed by atoms with van der Waals surface area (Å²) in [6.45, 7) is 0.170. The van der Waals surface area contributed by atoms with E-state index in [9.17, 15) is 19.7 Å². The molecule has 2 heterocycles. The molecule has 0 amide bonds. The standard InChI is InChI=1S/C21H17N3O5S2/c25-18(29-12-14-4-2-1-3-5-14)13-31-21-22-17-10-11-30-19(17)20(26)23(21)15-6-8-16(9-7-15)24(27)28/h1-9H,10-13H2. The van der Waals surface area contributed by atoms with Crippen LogP contribution < -0.4 is 5.56 Å². The first-order chi connectivity index (χ1) is 15.0. The van der Waals surface area contributed by atoms with Crippen molar-refractivity contribution in [2.45, 2.75) is 23.1 Å². The Morgan fingerprint density at radius 1 is 1.19 bits per heavy atom. The van der Waals surface area contributed by atoms with E-state index >= 15 is 0 Å². The topological polar surface area (TPSA) is 104 Å². The first-order valence-corrected chi connectivity index (χ1v) is 11.4. The van der Waals surface area contributed by atoms with Gasteiger partial charge in [-0.15, -0.1) is 11.8 Å². The van der Waals surface area contributed by atoms with Crippen molar-refractivity contribution in [1.82, 2.24) is 9.55 Å². The maximum Gasteiger partial charge on any atom is 0.316 e. The van der Waals surface area contributed by atoms with Gasteiger partial charge >= 0.3 is 5.97 Å². The van der Waals surface area contributed by atoms with E-state index in [2.05, 4.69) is 4.98 Å². The lowest BCUT2D eigenvalue weighted by Gasteiger charge is -2.13. The molecule has 158 valence electrons. The molecule has 0 atom stereocenters. The van der Waals surface area contributed by atoms with E-state index in [1.54, 1.807) is 0 Å². The van der Waals surface area contributed by atoms with Gasteiger partial charge in [0.1, 0.15) is 6.61 Å². The van der Waals surface area contributed by atoms with Crippen molar-refractivity contribution in [1.29, 1.82) is 0 Å². The van der Waals surface area contributed by atoms with Crippen molar-refractivity contribution < 1.29 is 14.5 Å². The van der Waals surface area contributed by atoms with Gasteiger partial charge in [0.15, 0.2) is 5.16 Å². The number of rotatable bonds is 7. The molecule has 10 heteroatoms. The molecule has 1 aromatic heterocycles. The molecule has 0 radical (unpaired) electrons. The van der Waals surface area contributed by atoms with E-state index in [0.717, 1.165) is 23.1 Å². The summed E-state index contributed by atoms with van der Waals surface area (Å²) in [6, 6.07) is 15.0. The zero-order chi connectivity index (χ0) is 21.8. The maximum atomic E-state index is 13.1. The number of nitro groups is 1. The number of ether oxygens (including phenoxy) is 1. The van der Waals surface area contributed by atoms with Crippen molar-refractivity contribution in [2.24, 2.45) is 0 Å². The van der Waals surface area contributed by atoms with Crippen LogP contribution in [0.2, 0.25) is 0 Å². The van der Waals surface area contributed by atoms with Crippen LogP contribution in [0.4, 0.5) is 5.69 Å². The molecule has 0 saturated heterocycles. The van der Waals surface area contributed by atoms with Crippen LogP contribution >= 0.6 is 23.5 Å². The number of carbonyl (C=O) groups is 1. The highest BCUT2D eigenvalue weighted by molar-refractivity contribution is 8.00. The predicted octanol–water partition coefficient (Wildman–Crippen LogP) is 3.62. The Labute approximate surface area is 185 Å². The highest BCUT2D eigenvalue weighted by Crippen LogP contribution is 2.30. The third kappa shape index (κ3) is 4.80. The molecule has 0 saturated carbocycles. The maximum absolute atomic E-state index is 13.1. The van der Waals surface area contributed by atoms with Gasteiger partial charge in [0.25, 0.3) is 11.2 Å². The smallest absolute Gasteiger partial charge is 0.316 e. The summed E-state index contributed by atoms with van der Waals surface area (Å²) in [5, 5.41) is 11.3. The summed E-state index contributed by atoms with van der Waals surface area (Å²) in [4.78, 5) is 41.0. The third-order valence-corrected chi connectivity index (χ3v) is 6.57. The minimum Gasteiger partial charge on any atom is -0.460 e. The van der Waals surface area contributed by atoms with Gasteiger partial charge in [-0.1, -0.05) is 42.1 Å². The van der Waals surface area contributed by atoms with E-state index in [1.165, 1.54) is 40.6 Å². The number of aryl methyl sites for hydroxylation is 1. The highest BCUT2D eigenvalue weighted by Gasteiger charge is 2.23. The predicted molar refractivity (Wildman–Crippen MR) is 118 cm³/mol. The molecule has 0 N–H and O–H groups in total. The van der Waals surface area contributed by atoms with Crippen LogP contribution in [0.15, 0.2) is 69.4 Å². The average molecular weight is 456 g/mol. The van der Waals surface area contributed by atoms with Crippen LogP contribution in [0.5, 0.6) is 0 Å². The van der Waals surface area contributed by atoms with Crippen LogP contribution in [-0.2, 0) is 22.6 Å². The normalized spacial score (nSPS) is 12.4. The summed E-state index contributed by atoms with van der Waals surface area (Å²) >= 11 is 2.56. The van der Waals surface area contributed by atoms with Crippen LogP contribution in [0.1, 0.15) is 11.3 Å². The SMILES string of the molecule is O=C(CSc1nc2c(c(=O)n1-c1ccc([N+](=O)[O-])cc1)SCC2)OCc1ccccc1. The van der Waals surface area contributed by atoms with Crippen molar-refractivity contribution >= 4 is 35.2 Å². The third-order valence-electron chi connectivity index (χ3n) is 4.55. The zero-order valence-electron chi connectivity index (χ0n) is 16.2. The van der Waals surface area contributed by atoms with E-state index in [4.69, 9.17) is 4.74 Å². The summed E-state index contributed by atoms with van der Waals surface area (Å²) in [6.07, 6.45) is 0.683. The molecule has 0 aliphatic carbocycles. The first kappa shape index (κ1) is 21.1.